The Bertz CT molecular complexity index is 1140. The zero-order valence-corrected chi connectivity index (χ0v) is 19.2. The van der Waals surface area contributed by atoms with Gasteiger partial charge in [0.05, 0.1) is 33.8 Å². The lowest BCUT2D eigenvalue weighted by Crippen LogP contribution is -2.31. The van der Waals surface area contributed by atoms with Crippen LogP contribution in [0.4, 0.5) is 4.39 Å². The molecule has 0 fully saturated rings. The minimum absolute atomic E-state index is 0.112. The summed E-state index contributed by atoms with van der Waals surface area (Å²) in [7, 11) is -0.0903. The number of methoxy groups -OCH3 is 3. The summed E-state index contributed by atoms with van der Waals surface area (Å²) in [5.41, 5.74) is 0.389. The number of benzene rings is 2. The van der Waals surface area contributed by atoms with E-state index in [0.717, 1.165) is 18.2 Å². The molecule has 178 valence electrons. The van der Waals surface area contributed by atoms with Crippen LogP contribution in [0, 0.1) is 5.82 Å². The molecule has 1 atom stereocenters. The van der Waals surface area contributed by atoms with E-state index in [1.807, 2.05) is 0 Å². The molecule has 11 heteroatoms. The van der Waals surface area contributed by atoms with Crippen LogP contribution in [-0.4, -0.2) is 48.2 Å². The minimum atomic E-state index is -4.21. The Balaban J connectivity index is 2.39. The predicted octanol–water partition coefficient (Wildman–Crippen LogP) is 2.34. The van der Waals surface area contributed by atoms with Crippen molar-refractivity contribution in [3.8, 4) is 11.5 Å². The molecule has 1 unspecified atom stereocenters. The first-order valence-corrected chi connectivity index (χ1v) is 11.1. The van der Waals surface area contributed by atoms with Crippen LogP contribution in [0.15, 0.2) is 53.9 Å². The number of carbonyl (C=O) groups is 2. The maximum absolute atomic E-state index is 14.2. The molecule has 2 aromatic carbocycles. The third kappa shape index (κ3) is 6.53. The lowest BCUT2D eigenvalue weighted by atomic mass is 10.0. The van der Waals surface area contributed by atoms with Gasteiger partial charge in [0.15, 0.2) is 11.5 Å². The number of amides is 1. The Morgan fingerprint density at radius 1 is 1.09 bits per heavy atom. The largest absolute Gasteiger partial charge is 0.493 e. The Hall–Kier alpha value is -3.44. The molecule has 9 nitrogen and oxygen atoms in total. The Labute approximate surface area is 191 Å². The van der Waals surface area contributed by atoms with E-state index >= 15 is 0 Å². The number of sulfonamides is 1. The number of carbonyl (C=O) groups excluding carboxylic acids is 2. The molecular weight excluding hydrogens is 455 g/mol. The van der Waals surface area contributed by atoms with Gasteiger partial charge in [0.1, 0.15) is 10.7 Å². The van der Waals surface area contributed by atoms with Gasteiger partial charge in [-0.25, -0.2) is 17.5 Å². The molecule has 0 aliphatic heterocycles. The van der Waals surface area contributed by atoms with E-state index in [2.05, 4.69) is 16.6 Å². The molecule has 0 aliphatic carbocycles. The molecule has 0 bridgehead atoms. The number of esters is 1. The molecule has 0 aliphatic rings. The number of nitrogens with one attached hydrogen (secondary N) is 2. The number of hydrogen-bond donors (Lipinski definition) is 2. The fourth-order valence-corrected chi connectivity index (χ4v) is 4.01. The van der Waals surface area contributed by atoms with Crippen molar-refractivity contribution in [2.24, 2.45) is 0 Å². The van der Waals surface area contributed by atoms with Crippen LogP contribution in [-0.2, 0) is 19.6 Å². The highest BCUT2D eigenvalue weighted by Gasteiger charge is 2.24. The van der Waals surface area contributed by atoms with E-state index in [1.54, 1.807) is 18.2 Å². The molecule has 0 saturated carbocycles. The van der Waals surface area contributed by atoms with E-state index in [4.69, 9.17) is 14.2 Å². The number of halogens is 1. The Morgan fingerprint density at radius 2 is 1.79 bits per heavy atom. The summed E-state index contributed by atoms with van der Waals surface area (Å²) >= 11 is 0. The lowest BCUT2D eigenvalue weighted by molar-refractivity contribution is -0.141. The van der Waals surface area contributed by atoms with Crippen molar-refractivity contribution >= 4 is 21.9 Å². The van der Waals surface area contributed by atoms with Crippen LogP contribution in [0.5, 0.6) is 11.5 Å². The second kappa shape index (κ2) is 11.4. The summed E-state index contributed by atoms with van der Waals surface area (Å²) in [6.45, 7) is 3.29. The van der Waals surface area contributed by atoms with Crippen LogP contribution in [0.25, 0.3) is 0 Å². The van der Waals surface area contributed by atoms with Gasteiger partial charge in [-0.05, 0) is 35.9 Å². The van der Waals surface area contributed by atoms with Crippen molar-refractivity contribution in [3.63, 3.8) is 0 Å². The molecule has 1 amide bonds. The van der Waals surface area contributed by atoms with Gasteiger partial charge < -0.3 is 19.5 Å². The zero-order chi connectivity index (χ0) is 24.6. The van der Waals surface area contributed by atoms with Gasteiger partial charge in [-0.15, -0.1) is 6.58 Å². The maximum atomic E-state index is 14.2. The highest BCUT2D eigenvalue weighted by molar-refractivity contribution is 7.89. The van der Waals surface area contributed by atoms with Gasteiger partial charge in [-0.1, -0.05) is 12.1 Å². The topological polar surface area (TPSA) is 120 Å². The smallest absolute Gasteiger partial charge is 0.307 e. The van der Waals surface area contributed by atoms with Gasteiger partial charge in [0, 0.05) is 12.1 Å². The zero-order valence-electron chi connectivity index (χ0n) is 18.4. The normalized spacial score (nSPS) is 11.9. The first-order valence-electron chi connectivity index (χ1n) is 9.66. The van der Waals surface area contributed by atoms with E-state index < -0.39 is 38.7 Å². The van der Waals surface area contributed by atoms with Gasteiger partial charge in [-0.2, -0.15) is 0 Å². The molecule has 0 spiro atoms. The summed E-state index contributed by atoms with van der Waals surface area (Å²) in [6.07, 6.45) is 1.08. The molecular formula is C22H25FN2O7S. The number of ether oxygens (including phenoxy) is 3. The van der Waals surface area contributed by atoms with Crippen LogP contribution in [0.1, 0.15) is 28.4 Å². The predicted molar refractivity (Wildman–Crippen MR) is 118 cm³/mol. The van der Waals surface area contributed by atoms with E-state index in [0.29, 0.717) is 17.1 Å². The maximum Gasteiger partial charge on any atom is 0.307 e. The minimum Gasteiger partial charge on any atom is -0.493 e. The van der Waals surface area contributed by atoms with E-state index in [1.165, 1.54) is 27.4 Å². The molecule has 0 radical (unpaired) electrons. The molecule has 0 heterocycles. The summed E-state index contributed by atoms with van der Waals surface area (Å²) in [6, 6.07) is 6.91. The lowest BCUT2D eigenvalue weighted by Gasteiger charge is -2.20. The van der Waals surface area contributed by atoms with Crippen LogP contribution in [0.3, 0.4) is 0 Å². The van der Waals surface area contributed by atoms with E-state index in [-0.39, 0.29) is 18.5 Å². The highest BCUT2D eigenvalue weighted by atomic mass is 32.2. The number of hydrogen-bond acceptors (Lipinski definition) is 7. The first kappa shape index (κ1) is 25.8. The Morgan fingerprint density at radius 3 is 2.39 bits per heavy atom. The van der Waals surface area contributed by atoms with Crippen molar-refractivity contribution in [3.05, 3.63) is 66.0 Å². The molecule has 0 aromatic heterocycles. The van der Waals surface area contributed by atoms with Crippen molar-refractivity contribution in [1.29, 1.82) is 0 Å². The van der Waals surface area contributed by atoms with Crippen LogP contribution >= 0.6 is 0 Å². The molecule has 33 heavy (non-hydrogen) atoms. The second-order valence-corrected chi connectivity index (χ2v) is 8.44. The van der Waals surface area contributed by atoms with Gasteiger partial charge >= 0.3 is 5.97 Å². The molecule has 0 saturated heterocycles. The van der Waals surface area contributed by atoms with Crippen molar-refractivity contribution in [1.82, 2.24) is 10.0 Å². The summed E-state index contributed by atoms with van der Waals surface area (Å²) < 4.78 is 56.2. The summed E-state index contributed by atoms with van der Waals surface area (Å²) in [5.74, 6) is -1.51. The van der Waals surface area contributed by atoms with Gasteiger partial charge in [-0.3, -0.25) is 9.59 Å². The average molecular weight is 481 g/mol. The molecule has 2 N–H and O–H groups in total. The standard InChI is InChI=1S/C22H25FN2O7S/c1-5-10-24-33(28,29)20-12-15(6-8-16(20)23)22(27)25-17(13-21(26)32-4)14-7-9-18(30-2)19(11-14)31-3/h5-9,11-12,17,24H,1,10,13H2,2-4H3,(H,25,27). The Kier molecular flexibility index (Phi) is 8.94. The van der Waals surface area contributed by atoms with E-state index in [9.17, 15) is 22.4 Å². The highest BCUT2D eigenvalue weighted by Crippen LogP contribution is 2.31. The third-order valence-corrected chi connectivity index (χ3v) is 6.05. The first-order chi connectivity index (χ1) is 15.7. The van der Waals surface area contributed by atoms with Crippen LogP contribution < -0.4 is 19.5 Å². The van der Waals surface area contributed by atoms with Crippen molar-refractivity contribution < 1.29 is 36.6 Å². The quantitative estimate of drug-likeness (QED) is 0.374. The van der Waals surface area contributed by atoms with Gasteiger partial charge in [0.25, 0.3) is 5.91 Å². The summed E-state index contributed by atoms with van der Waals surface area (Å²) in [4.78, 5) is 24.2. The fraction of sp³-hybridized carbons (Fsp3) is 0.273. The van der Waals surface area contributed by atoms with Gasteiger partial charge in [0.2, 0.25) is 10.0 Å². The number of rotatable bonds is 11. The third-order valence-electron chi connectivity index (χ3n) is 4.61. The average Bonchev–Trinajstić information content (AvgIpc) is 2.81. The van der Waals surface area contributed by atoms with Crippen molar-refractivity contribution in [2.75, 3.05) is 27.9 Å². The van der Waals surface area contributed by atoms with Crippen LogP contribution in [0.2, 0.25) is 0 Å². The molecule has 2 rings (SSSR count). The van der Waals surface area contributed by atoms with Crippen molar-refractivity contribution in [2.45, 2.75) is 17.4 Å². The second-order valence-electron chi connectivity index (χ2n) is 6.71. The molecule has 2 aromatic rings. The SMILES string of the molecule is C=CCNS(=O)(=O)c1cc(C(=O)NC(CC(=O)OC)c2ccc(OC)c(OC)c2)ccc1F. The fourth-order valence-electron chi connectivity index (χ4n) is 2.91. The summed E-state index contributed by atoms with van der Waals surface area (Å²) in [5, 5.41) is 2.65. The monoisotopic (exact) mass is 480 g/mol.